The Balaban J connectivity index is 2.46. The number of rotatable bonds is 3. The number of aryl methyl sites for hydroxylation is 2. The van der Waals surface area contributed by atoms with E-state index in [0.717, 1.165) is 29.7 Å². The molecular formula is C12H16N4. The summed E-state index contributed by atoms with van der Waals surface area (Å²) in [6.07, 6.45) is 5.83. The lowest BCUT2D eigenvalue weighted by molar-refractivity contribution is 0.733. The predicted molar refractivity (Wildman–Crippen MR) is 64.8 cm³/mol. The first kappa shape index (κ1) is 10.7. The van der Waals surface area contributed by atoms with Gasteiger partial charge in [-0.3, -0.25) is 4.68 Å². The van der Waals surface area contributed by atoms with E-state index in [-0.39, 0.29) is 0 Å². The van der Waals surface area contributed by atoms with E-state index >= 15 is 0 Å². The maximum absolute atomic E-state index is 5.69. The molecule has 0 unspecified atom stereocenters. The molecule has 84 valence electrons. The van der Waals surface area contributed by atoms with Crippen LogP contribution in [0.1, 0.15) is 19.0 Å². The van der Waals surface area contributed by atoms with Crippen LogP contribution in [-0.4, -0.2) is 14.8 Å². The molecule has 2 aromatic heterocycles. The first-order valence-electron chi connectivity index (χ1n) is 5.45. The molecule has 0 atom stereocenters. The van der Waals surface area contributed by atoms with Gasteiger partial charge in [0.05, 0.1) is 5.69 Å². The highest BCUT2D eigenvalue weighted by atomic mass is 15.2. The third-order valence-electron chi connectivity index (χ3n) is 2.48. The molecule has 16 heavy (non-hydrogen) atoms. The van der Waals surface area contributed by atoms with E-state index in [9.17, 15) is 0 Å². The van der Waals surface area contributed by atoms with Crippen LogP contribution in [0.4, 0.5) is 5.82 Å². The van der Waals surface area contributed by atoms with Crippen molar-refractivity contribution < 1.29 is 0 Å². The van der Waals surface area contributed by atoms with Crippen LogP contribution in [0.2, 0.25) is 0 Å². The van der Waals surface area contributed by atoms with Gasteiger partial charge in [0.1, 0.15) is 5.82 Å². The van der Waals surface area contributed by atoms with Gasteiger partial charge in [-0.25, -0.2) is 4.98 Å². The molecule has 2 aromatic rings. The molecule has 0 radical (unpaired) electrons. The predicted octanol–water partition coefficient (Wildman–Crippen LogP) is 2.02. The van der Waals surface area contributed by atoms with E-state index < -0.39 is 0 Å². The quantitative estimate of drug-likeness (QED) is 0.854. The second-order valence-electron chi connectivity index (χ2n) is 3.88. The van der Waals surface area contributed by atoms with Gasteiger partial charge in [-0.15, -0.1) is 0 Å². The van der Waals surface area contributed by atoms with Crippen LogP contribution in [0.3, 0.4) is 0 Å². The van der Waals surface area contributed by atoms with E-state index in [1.807, 2.05) is 30.1 Å². The monoisotopic (exact) mass is 216 g/mol. The Hall–Kier alpha value is -1.84. The first-order chi connectivity index (χ1) is 7.70. The molecule has 0 fully saturated rings. The van der Waals surface area contributed by atoms with Crippen molar-refractivity contribution in [2.45, 2.75) is 19.8 Å². The van der Waals surface area contributed by atoms with Gasteiger partial charge in [-0.2, -0.15) is 5.10 Å². The van der Waals surface area contributed by atoms with Crippen LogP contribution < -0.4 is 5.73 Å². The summed E-state index contributed by atoms with van der Waals surface area (Å²) in [6.45, 7) is 2.15. The van der Waals surface area contributed by atoms with E-state index in [0.29, 0.717) is 5.82 Å². The molecule has 0 saturated carbocycles. The molecule has 0 amide bonds. The maximum atomic E-state index is 5.69. The minimum absolute atomic E-state index is 0.545. The minimum Gasteiger partial charge on any atom is -0.384 e. The van der Waals surface area contributed by atoms with Crippen LogP contribution in [0.25, 0.3) is 11.1 Å². The van der Waals surface area contributed by atoms with E-state index in [1.54, 1.807) is 6.20 Å². The number of anilines is 1. The van der Waals surface area contributed by atoms with Crippen molar-refractivity contribution in [1.82, 2.24) is 14.8 Å². The average Bonchev–Trinajstić information content (AvgIpc) is 2.60. The molecule has 2 rings (SSSR count). The van der Waals surface area contributed by atoms with Crippen LogP contribution in [0, 0.1) is 0 Å². The fourth-order valence-electron chi connectivity index (χ4n) is 1.81. The minimum atomic E-state index is 0.545. The highest BCUT2D eigenvalue weighted by Crippen LogP contribution is 2.24. The Bertz CT molecular complexity index is 488. The second kappa shape index (κ2) is 4.35. The number of aromatic nitrogens is 3. The first-order valence-corrected chi connectivity index (χ1v) is 5.45. The van der Waals surface area contributed by atoms with Gasteiger partial charge in [0.25, 0.3) is 0 Å². The van der Waals surface area contributed by atoms with E-state index in [4.69, 9.17) is 5.73 Å². The lowest BCUT2D eigenvalue weighted by atomic mass is 10.1. The molecular weight excluding hydrogens is 200 g/mol. The van der Waals surface area contributed by atoms with Gasteiger partial charge in [0.2, 0.25) is 0 Å². The van der Waals surface area contributed by atoms with Crippen LogP contribution >= 0.6 is 0 Å². The molecule has 4 heteroatoms. The lowest BCUT2D eigenvalue weighted by Crippen LogP contribution is -1.92. The van der Waals surface area contributed by atoms with Gasteiger partial charge in [0.15, 0.2) is 0 Å². The zero-order chi connectivity index (χ0) is 11.5. The maximum Gasteiger partial charge on any atom is 0.123 e. The SMILES string of the molecule is CCCc1nn(C)cc1-c1ccnc(N)c1. The Morgan fingerprint density at radius 1 is 1.44 bits per heavy atom. The zero-order valence-electron chi connectivity index (χ0n) is 9.64. The van der Waals surface area contributed by atoms with Crippen molar-refractivity contribution in [3.05, 3.63) is 30.2 Å². The molecule has 2 heterocycles. The van der Waals surface area contributed by atoms with E-state index in [2.05, 4.69) is 17.0 Å². The number of nitrogen functional groups attached to an aromatic ring is 1. The molecule has 0 aliphatic carbocycles. The van der Waals surface area contributed by atoms with Gasteiger partial charge in [-0.1, -0.05) is 13.3 Å². The fraction of sp³-hybridized carbons (Fsp3) is 0.333. The number of nitrogens with zero attached hydrogens (tertiary/aromatic N) is 3. The van der Waals surface area contributed by atoms with Crippen LogP contribution in [0.15, 0.2) is 24.5 Å². The number of hydrogen-bond donors (Lipinski definition) is 1. The summed E-state index contributed by atoms with van der Waals surface area (Å²) in [5.74, 6) is 0.545. The number of pyridine rings is 1. The summed E-state index contributed by atoms with van der Waals surface area (Å²) in [6, 6.07) is 3.85. The zero-order valence-corrected chi connectivity index (χ0v) is 9.64. The molecule has 0 saturated heterocycles. The van der Waals surface area contributed by atoms with Crippen molar-refractivity contribution in [3.8, 4) is 11.1 Å². The van der Waals surface area contributed by atoms with E-state index in [1.165, 1.54) is 0 Å². The number of nitrogens with two attached hydrogens (primary N) is 1. The molecule has 0 aliphatic heterocycles. The summed E-state index contributed by atoms with van der Waals surface area (Å²) in [4.78, 5) is 4.00. The van der Waals surface area contributed by atoms with Gasteiger partial charge in [-0.05, 0) is 24.1 Å². The highest BCUT2D eigenvalue weighted by molar-refractivity contribution is 5.67. The topological polar surface area (TPSA) is 56.7 Å². The average molecular weight is 216 g/mol. The van der Waals surface area contributed by atoms with Crippen molar-refractivity contribution in [2.24, 2.45) is 7.05 Å². The highest BCUT2D eigenvalue weighted by Gasteiger charge is 2.09. The molecule has 0 bridgehead atoms. The Morgan fingerprint density at radius 2 is 2.25 bits per heavy atom. The molecule has 4 nitrogen and oxygen atoms in total. The molecule has 0 aromatic carbocycles. The Kier molecular flexibility index (Phi) is 2.90. The summed E-state index contributed by atoms with van der Waals surface area (Å²) < 4.78 is 1.84. The Morgan fingerprint density at radius 3 is 2.94 bits per heavy atom. The Labute approximate surface area is 95.1 Å². The molecule has 0 spiro atoms. The van der Waals surface area contributed by atoms with Crippen molar-refractivity contribution in [2.75, 3.05) is 5.73 Å². The van der Waals surface area contributed by atoms with Gasteiger partial charge < -0.3 is 5.73 Å². The van der Waals surface area contributed by atoms with Crippen LogP contribution in [-0.2, 0) is 13.5 Å². The second-order valence-corrected chi connectivity index (χ2v) is 3.88. The van der Waals surface area contributed by atoms with Gasteiger partial charge in [0, 0.05) is 25.0 Å². The van der Waals surface area contributed by atoms with Crippen LogP contribution in [0.5, 0.6) is 0 Å². The largest absolute Gasteiger partial charge is 0.384 e. The number of hydrogen-bond acceptors (Lipinski definition) is 3. The summed E-state index contributed by atoms with van der Waals surface area (Å²) >= 11 is 0. The third kappa shape index (κ3) is 2.05. The molecule has 0 aliphatic rings. The van der Waals surface area contributed by atoms with Gasteiger partial charge >= 0.3 is 0 Å². The van der Waals surface area contributed by atoms with Crippen molar-refractivity contribution in [1.29, 1.82) is 0 Å². The summed E-state index contributed by atoms with van der Waals surface area (Å²) in [5.41, 5.74) is 9.05. The smallest absolute Gasteiger partial charge is 0.123 e. The fourth-order valence-corrected chi connectivity index (χ4v) is 1.81. The molecule has 2 N–H and O–H groups in total. The normalized spacial score (nSPS) is 10.6. The van der Waals surface area contributed by atoms with Crippen molar-refractivity contribution >= 4 is 5.82 Å². The standard InChI is InChI=1S/C12H16N4/c1-3-4-11-10(8-16(2)15-11)9-5-6-14-12(13)7-9/h5-8H,3-4H2,1-2H3,(H2,13,14). The summed E-state index contributed by atoms with van der Waals surface area (Å²) in [7, 11) is 1.94. The summed E-state index contributed by atoms with van der Waals surface area (Å²) in [5, 5.41) is 4.46. The third-order valence-corrected chi connectivity index (χ3v) is 2.48. The van der Waals surface area contributed by atoms with Crippen molar-refractivity contribution in [3.63, 3.8) is 0 Å². The lowest BCUT2D eigenvalue weighted by Gasteiger charge is -2.01.